The van der Waals surface area contributed by atoms with E-state index in [0.717, 1.165) is 21.7 Å². The maximum Gasteiger partial charge on any atom is 0.418 e. The lowest BCUT2D eigenvalue weighted by atomic mass is 10.1. The number of para-hydroxylation sites is 1. The number of anilines is 1. The number of benzene rings is 1. The van der Waals surface area contributed by atoms with Crippen molar-refractivity contribution in [1.82, 2.24) is 8.87 Å². The molecule has 0 saturated carbocycles. The van der Waals surface area contributed by atoms with Crippen LogP contribution in [0.1, 0.15) is 27.3 Å². The van der Waals surface area contributed by atoms with Crippen LogP contribution in [0.3, 0.4) is 0 Å². The lowest BCUT2D eigenvalue weighted by Crippen LogP contribution is -2.21. The van der Waals surface area contributed by atoms with Gasteiger partial charge in [0.1, 0.15) is 4.21 Å². The molecule has 3 aromatic rings. The number of nitrogens with one attached hydrogen (secondary N) is 1. The van der Waals surface area contributed by atoms with Crippen molar-refractivity contribution >= 4 is 32.3 Å². The SMILES string of the molecule is Cc1cc(C(=O)Nc2ccc(S(=O)(=O)N(C)C)s2)c(C)n1-c1ccccc1C(F)(F)F. The summed E-state index contributed by atoms with van der Waals surface area (Å²) in [7, 11) is -0.825. The average Bonchev–Trinajstić information content (AvgIpc) is 3.25. The zero-order valence-electron chi connectivity index (χ0n) is 17.1. The van der Waals surface area contributed by atoms with E-state index in [0.29, 0.717) is 16.4 Å². The summed E-state index contributed by atoms with van der Waals surface area (Å²) < 4.78 is 67.3. The van der Waals surface area contributed by atoms with Gasteiger partial charge in [0.05, 0.1) is 21.8 Å². The zero-order valence-corrected chi connectivity index (χ0v) is 18.7. The molecule has 0 saturated heterocycles. The van der Waals surface area contributed by atoms with Gasteiger partial charge >= 0.3 is 6.18 Å². The van der Waals surface area contributed by atoms with Crippen molar-refractivity contribution in [3.8, 4) is 5.69 Å². The van der Waals surface area contributed by atoms with E-state index in [1.807, 2.05) is 0 Å². The van der Waals surface area contributed by atoms with E-state index in [9.17, 15) is 26.4 Å². The van der Waals surface area contributed by atoms with Crippen LogP contribution in [0, 0.1) is 13.8 Å². The number of halogens is 3. The summed E-state index contributed by atoms with van der Waals surface area (Å²) in [4.78, 5) is 12.8. The number of carbonyl (C=O) groups is 1. The largest absolute Gasteiger partial charge is 0.418 e. The van der Waals surface area contributed by atoms with Crippen LogP contribution >= 0.6 is 11.3 Å². The molecule has 166 valence electrons. The summed E-state index contributed by atoms with van der Waals surface area (Å²) in [6, 6.07) is 9.51. The average molecular weight is 472 g/mol. The summed E-state index contributed by atoms with van der Waals surface area (Å²) in [5, 5.41) is 2.94. The zero-order chi connectivity index (χ0) is 23.1. The maximum absolute atomic E-state index is 13.5. The predicted molar refractivity (Wildman–Crippen MR) is 113 cm³/mol. The number of carbonyl (C=O) groups excluding carboxylic acids is 1. The molecule has 1 amide bonds. The smallest absolute Gasteiger partial charge is 0.317 e. The predicted octanol–water partition coefficient (Wildman–Crippen LogP) is 4.68. The van der Waals surface area contributed by atoms with E-state index in [4.69, 9.17) is 0 Å². The van der Waals surface area contributed by atoms with Gasteiger partial charge in [-0.2, -0.15) is 13.2 Å². The fourth-order valence-corrected chi connectivity index (χ4v) is 5.53. The topological polar surface area (TPSA) is 71.4 Å². The van der Waals surface area contributed by atoms with E-state index in [1.54, 1.807) is 13.8 Å². The standard InChI is InChI=1S/C20H20F3N3O3S2/c1-12-11-14(13(2)26(12)16-8-6-5-7-15(16)20(21,22)23)19(27)24-17-9-10-18(30-17)31(28,29)25(3)4/h5-11H,1-4H3,(H,24,27). The molecule has 0 aliphatic rings. The molecule has 0 radical (unpaired) electrons. The Balaban J connectivity index is 1.96. The Hall–Kier alpha value is -2.63. The van der Waals surface area contributed by atoms with E-state index < -0.39 is 27.7 Å². The van der Waals surface area contributed by atoms with E-state index in [-0.39, 0.29) is 15.5 Å². The lowest BCUT2D eigenvalue weighted by molar-refractivity contribution is -0.137. The molecule has 3 rings (SSSR count). The minimum atomic E-state index is -4.55. The Morgan fingerprint density at radius 2 is 1.74 bits per heavy atom. The van der Waals surface area contributed by atoms with Crippen LogP contribution in [0.25, 0.3) is 5.69 Å². The van der Waals surface area contributed by atoms with Gasteiger partial charge in [0.2, 0.25) is 0 Å². The lowest BCUT2D eigenvalue weighted by Gasteiger charge is -2.16. The molecular formula is C20H20F3N3O3S2. The number of sulfonamides is 1. The normalized spacial score (nSPS) is 12.4. The first-order valence-corrected chi connectivity index (χ1v) is 11.3. The van der Waals surface area contributed by atoms with Crippen LogP contribution < -0.4 is 5.32 Å². The van der Waals surface area contributed by atoms with Crippen LogP contribution in [0.5, 0.6) is 0 Å². The number of rotatable bonds is 5. The van der Waals surface area contributed by atoms with E-state index in [1.165, 1.54) is 55.1 Å². The highest BCUT2D eigenvalue weighted by atomic mass is 32.2. The maximum atomic E-state index is 13.5. The second-order valence-electron chi connectivity index (χ2n) is 7.00. The van der Waals surface area contributed by atoms with Crippen molar-refractivity contribution in [2.75, 3.05) is 19.4 Å². The third-order valence-electron chi connectivity index (χ3n) is 4.68. The van der Waals surface area contributed by atoms with Crippen molar-refractivity contribution in [3.05, 3.63) is 65.0 Å². The molecule has 0 bridgehead atoms. The first-order valence-electron chi connectivity index (χ1n) is 9.03. The van der Waals surface area contributed by atoms with Gasteiger partial charge in [-0.1, -0.05) is 12.1 Å². The quantitative estimate of drug-likeness (QED) is 0.588. The van der Waals surface area contributed by atoms with Gasteiger partial charge < -0.3 is 9.88 Å². The number of aryl methyl sites for hydroxylation is 1. The number of hydrogen-bond donors (Lipinski definition) is 1. The van der Waals surface area contributed by atoms with Crippen LogP contribution in [0.2, 0.25) is 0 Å². The van der Waals surface area contributed by atoms with E-state index in [2.05, 4.69) is 5.32 Å². The molecule has 2 aromatic heterocycles. The first-order chi connectivity index (χ1) is 14.3. The second kappa shape index (κ2) is 8.13. The molecule has 0 aliphatic carbocycles. The number of alkyl halides is 3. The Bertz CT molecular complexity index is 1240. The molecule has 0 unspecified atom stereocenters. The third kappa shape index (κ3) is 4.39. The number of hydrogen-bond acceptors (Lipinski definition) is 4. The highest BCUT2D eigenvalue weighted by Crippen LogP contribution is 2.35. The molecular weight excluding hydrogens is 451 g/mol. The number of aromatic nitrogens is 1. The fourth-order valence-electron chi connectivity index (χ4n) is 3.16. The summed E-state index contributed by atoms with van der Waals surface area (Å²) in [5.41, 5.74) is 0.116. The number of nitrogens with zero attached hydrogens (tertiary/aromatic N) is 2. The van der Waals surface area contributed by atoms with Crippen molar-refractivity contribution in [2.45, 2.75) is 24.2 Å². The highest BCUT2D eigenvalue weighted by molar-refractivity contribution is 7.91. The molecule has 2 heterocycles. The van der Waals surface area contributed by atoms with Crippen LogP contribution in [-0.4, -0.2) is 37.3 Å². The van der Waals surface area contributed by atoms with Gasteiger partial charge in [0, 0.05) is 25.5 Å². The minimum Gasteiger partial charge on any atom is -0.317 e. The van der Waals surface area contributed by atoms with Crippen LogP contribution in [-0.2, 0) is 16.2 Å². The first kappa shape index (κ1) is 23.0. The molecule has 11 heteroatoms. The molecule has 31 heavy (non-hydrogen) atoms. The Labute approximate surface area is 182 Å². The van der Waals surface area contributed by atoms with Crippen molar-refractivity contribution in [1.29, 1.82) is 0 Å². The highest BCUT2D eigenvalue weighted by Gasteiger charge is 2.34. The molecule has 0 aliphatic heterocycles. The van der Waals surface area contributed by atoms with Crippen LogP contribution in [0.4, 0.5) is 18.2 Å². The minimum absolute atomic E-state index is 0.0670. The molecule has 6 nitrogen and oxygen atoms in total. The molecule has 0 atom stereocenters. The summed E-state index contributed by atoms with van der Waals surface area (Å²) >= 11 is 0.893. The van der Waals surface area contributed by atoms with Crippen molar-refractivity contribution in [3.63, 3.8) is 0 Å². The fraction of sp³-hybridized carbons (Fsp3) is 0.250. The molecule has 1 aromatic carbocycles. The number of amides is 1. The Morgan fingerprint density at radius 1 is 1.10 bits per heavy atom. The van der Waals surface area contributed by atoms with Gasteiger partial charge in [-0.05, 0) is 44.2 Å². The number of thiophene rings is 1. The van der Waals surface area contributed by atoms with Gasteiger partial charge in [0.15, 0.2) is 0 Å². The summed E-state index contributed by atoms with van der Waals surface area (Å²) in [5.74, 6) is -0.542. The molecule has 0 fully saturated rings. The van der Waals surface area contributed by atoms with Gasteiger partial charge in [-0.15, -0.1) is 11.3 Å². The van der Waals surface area contributed by atoms with Gasteiger partial charge in [-0.3, -0.25) is 4.79 Å². The monoisotopic (exact) mass is 471 g/mol. The Morgan fingerprint density at radius 3 is 2.35 bits per heavy atom. The van der Waals surface area contributed by atoms with E-state index >= 15 is 0 Å². The van der Waals surface area contributed by atoms with Gasteiger partial charge in [0.25, 0.3) is 15.9 Å². The summed E-state index contributed by atoms with van der Waals surface area (Å²) in [6.45, 7) is 3.18. The third-order valence-corrected chi connectivity index (χ3v) is 7.96. The summed E-state index contributed by atoms with van der Waals surface area (Å²) in [6.07, 6.45) is -4.55. The van der Waals surface area contributed by atoms with Crippen molar-refractivity contribution < 1.29 is 26.4 Å². The second-order valence-corrected chi connectivity index (χ2v) is 10.5. The molecule has 0 spiro atoms. The molecule has 1 N–H and O–H groups in total. The Kier molecular flexibility index (Phi) is 6.05. The van der Waals surface area contributed by atoms with Crippen LogP contribution in [0.15, 0.2) is 46.7 Å². The van der Waals surface area contributed by atoms with Crippen molar-refractivity contribution in [2.24, 2.45) is 0 Å². The van der Waals surface area contributed by atoms with Gasteiger partial charge in [-0.25, -0.2) is 12.7 Å².